The maximum atomic E-state index is 13.1. The van der Waals surface area contributed by atoms with Crippen LogP contribution in [-0.4, -0.2) is 49.4 Å². The Hall–Kier alpha value is -4.27. The number of likely N-dealkylation sites (N-methyl/N-ethyl adjacent to an activating group) is 1. The van der Waals surface area contributed by atoms with Crippen molar-refractivity contribution >= 4 is 17.6 Å². The van der Waals surface area contributed by atoms with Crippen LogP contribution < -0.4 is 10.2 Å². The summed E-state index contributed by atoms with van der Waals surface area (Å²) >= 11 is 0. The van der Waals surface area contributed by atoms with Gasteiger partial charge in [0.25, 0.3) is 11.8 Å². The van der Waals surface area contributed by atoms with E-state index in [9.17, 15) is 9.59 Å². The first-order valence-corrected chi connectivity index (χ1v) is 10.7. The summed E-state index contributed by atoms with van der Waals surface area (Å²) in [5.41, 5.74) is 2.85. The Morgan fingerprint density at radius 1 is 1.06 bits per heavy atom. The van der Waals surface area contributed by atoms with Crippen LogP contribution in [-0.2, 0) is 17.9 Å². The van der Waals surface area contributed by atoms with Gasteiger partial charge in [0.15, 0.2) is 0 Å². The molecule has 9 nitrogen and oxygen atoms in total. The third-order valence-corrected chi connectivity index (χ3v) is 5.66. The minimum Gasteiger partial charge on any atom is -0.337 e. The molecule has 166 valence electrons. The number of hydrogen-bond donors (Lipinski definition) is 1. The van der Waals surface area contributed by atoms with Crippen LogP contribution in [0, 0.1) is 0 Å². The van der Waals surface area contributed by atoms with Gasteiger partial charge in [0.05, 0.1) is 12.2 Å². The van der Waals surface area contributed by atoms with Crippen molar-refractivity contribution in [3.05, 3.63) is 84.4 Å². The number of aryl methyl sites for hydroxylation is 1. The SMILES string of the molecule is CN1C(=O)C(NC(=O)c2ncn(Cc3ccccc3)n2)CCn2nc(-c3ccccc3)cc21. The summed E-state index contributed by atoms with van der Waals surface area (Å²) in [7, 11) is 1.70. The second kappa shape index (κ2) is 8.70. The summed E-state index contributed by atoms with van der Waals surface area (Å²) in [6.45, 7) is 1.01. The first kappa shape index (κ1) is 20.6. The van der Waals surface area contributed by atoms with Crippen molar-refractivity contribution < 1.29 is 9.59 Å². The molecule has 0 radical (unpaired) electrons. The molecular weight excluding hydrogens is 418 g/mol. The van der Waals surface area contributed by atoms with Crippen molar-refractivity contribution in [1.82, 2.24) is 29.9 Å². The lowest BCUT2D eigenvalue weighted by atomic mass is 10.1. The van der Waals surface area contributed by atoms with E-state index in [1.807, 2.05) is 66.7 Å². The summed E-state index contributed by atoms with van der Waals surface area (Å²) in [4.78, 5) is 31.5. The van der Waals surface area contributed by atoms with Crippen LogP contribution in [0.25, 0.3) is 11.3 Å². The lowest BCUT2D eigenvalue weighted by Gasteiger charge is -2.19. The molecule has 3 heterocycles. The minimum atomic E-state index is -0.689. The Bertz CT molecular complexity index is 1280. The molecule has 5 rings (SSSR count). The highest BCUT2D eigenvalue weighted by atomic mass is 16.2. The summed E-state index contributed by atoms with van der Waals surface area (Å²) in [6.07, 6.45) is 1.94. The molecule has 2 aromatic carbocycles. The van der Waals surface area contributed by atoms with Crippen LogP contribution in [0.4, 0.5) is 5.82 Å². The predicted octanol–water partition coefficient (Wildman–Crippen LogP) is 2.35. The molecule has 0 spiro atoms. The molecule has 0 saturated heterocycles. The first-order chi connectivity index (χ1) is 16.1. The van der Waals surface area contributed by atoms with Crippen LogP contribution >= 0.6 is 0 Å². The van der Waals surface area contributed by atoms with Crippen molar-refractivity contribution in [1.29, 1.82) is 0 Å². The number of nitrogens with one attached hydrogen (secondary N) is 1. The smallest absolute Gasteiger partial charge is 0.291 e. The summed E-state index contributed by atoms with van der Waals surface area (Å²) in [6, 6.07) is 20.8. The summed E-state index contributed by atoms with van der Waals surface area (Å²) in [5.74, 6) is 0.0546. The van der Waals surface area contributed by atoms with Crippen LogP contribution in [0.15, 0.2) is 73.1 Å². The average molecular weight is 441 g/mol. The Balaban J connectivity index is 1.27. The second-order valence-electron chi connectivity index (χ2n) is 7.94. The number of rotatable bonds is 5. The van der Waals surface area contributed by atoms with Crippen molar-refractivity contribution in [3.8, 4) is 11.3 Å². The second-order valence-corrected chi connectivity index (χ2v) is 7.94. The standard InChI is InChI=1S/C24H23N7O2/c1-29-21-14-20(18-10-6-3-7-11-18)27-31(21)13-12-19(24(29)33)26-23(32)22-25-16-30(28-22)15-17-8-4-2-5-9-17/h2-11,14,16,19H,12-13,15H2,1H3,(H,26,32). The number of carbonyl (C=O) groups excluding carboxylic acids is 2. The topological polar surface area (TPSA) is 97.9 Å². The van der Waals surface area contributed by atoms with Gasteiger partial charge in [-0.25, -0.2) is 14.3 Å². The van der Waals surface area contributed by atoms with Gasteiger partial charge in [0.2, 0.25) is 5.82 Å². The molecule has 2 amide bonds. The minimum absolute atomic E-state index is 0.0368. The molecule has 0 saturated carbocycles. The predicted molar refractivity (Wildman–Crippen MR) is 123 cm³/mol. The van der Waals surface area contributed by atoms with Gasteiger partial charge < -0.3 is 5.32 Å². The normalized spacial score (nSPS) is 15.7. The molecular formula is C24H23N7O2. The van der Waals surface area contributed by atoms with E-state index < -0.39 is 11.9 Å². The van der Waals surface area contributed by atoms with Gasteiger partial charge in [-0.2, -0.15) is 5.10 Å². The number of benzene rings is 2. The number of carbonyl (C=O) groups is 2. The fourth-order valence-corrected chi connectivity index (χ4v) is 3.91. The molecule has 1 unspecified atom stereocenters. The third-order valence-electron chi connectivity index (χ3n) is 5.66. The number of anilines is 1. The van der Waals surface area contributed by atoms with E-state index in [2.05, 4.69) is 20.5 Å². The monoisotopic (exact) mass is 441 g/mol. The van der Waals surface area contributed by atoms with Crippen molar-refractivity contribution in [2.24, 2.45) is 0 Å². The van der Waals surface area contributed by atoms with E-state index in [0.29, 0.717) is 25.3 Å². The Morgan fingerprint density at radius 3 is 2.55 bits per heavy atom. The van der Waals surface area contributed by atoms with E-state index in [0.717, 1.165) is 16.8 Å². The molecule has 1 atom stereocenters. The summed E-state index contributed by atoms with van der Waals surface area (Å²) < 4.78 is 3.41. The molecule has 0 fully saturated rings. The van der Waals surface area contributed by atoms with E-state index in [1.165, 1.54) is 6.33 Å². The zero-order chi connectivity index (χ0) is 22.8. The molecule has 1 aliphatic heterocycles. The molecule has 0 bridgehead atoms. The Morgan fingerprint density at radius 2 is 1.79 bits per heavy atom. The molecule has 2 aromatic heterocycles. The highest BCUT2D eigenvalue weighted by Gasteiger charge is 2.31. The van der Waals surface area contributed by atoms with Crippen molar-refractivity contribution in [2.45, 2.75) is 25.6 Å². The number of nitrogens with zero attached hydrogens (tertiary/aromatic N) is 6. The number of amides is 2. The average Bonchev–Trinajstić information content (AvgIpc) is 3.47. The molecule has 9 heteroatoms. The molecule has 0 aliphatic carbocycles. The Labute approximate surface area is 190 Å². The lowest BCUT2D eigenvalue weighted by Crippen LogP contribution is -2.47. The summed E-state index contributed by atoms with van der Waals surface area (Å²) in [5, 5.41) is 11.7. The quantitative estimate of drug-likeness (QED) is 0.513. The third kappa shape index (κ3) is 4.25. The highest BCUT2D eigenvalue weighted by molar-refractivity contribution is 6.01. The molecule has 1 N–H and O–H groups in total. The van der Waals surface area contributed by atoms with Crippen LogP contribution in [0.5, 0.6) is 0 Å². The van der Waals surface area contributed by atoms with Gasteiger partial charge in [-0.3, -0.25) is 14.5 Å². The van der Waals surface area contributed by atoms with Crippen LogP contribution in [0.2, 0.25) is 0 Å². The first-order valence-electron chi connectivity index (χ1n) is 10.7. The fraction of sp³-hybridized carbons (Fsp3) is 0.208. The van der Waals surface area contributed by atoms with Gasteiger partial charge in [-0.1, -0.05) is 60.7 Å². The van der Waals surface area contributed by atoms with Crippen LogP contribution in [0.3, 0.4) is 0 Å². The van der Waals surface area contributed by atoms with Gasteiger partial charge in [0, 0.05) is 25.2 Å². The zero-order valence-corrected chi connectivity index (χ0v) is 18.1. The van der Waals surface area contributed by atoms with E-state index in [4.69, 9.17) is 0 Å². The van der Waals surface area contributed by atoms with Gasteiger partial charge in [-0.05, 0) is 12.0 Å². The number of fused-ring (bicyclic) bond motifs is 1. The molecule has 4 aromatic rings. The van der Waals surface area contributed by atoms with E-state index in [-0.39, 0.29) is 11.7 Å². The Kier molecular flexibility index (Phi) is 5.43. The van der Waals surface area contributed by atoms with Crippen molar-refractivity contribution in [2.75, 3.05) is 11.9 Å². The van der Waals surface area contributed by atoms with Gasteiger partial charge >= 0.3 is 0 Å². The number of aromatic nitrogens is 5. The van der Waals surface area contributed by atoms with Crippen molar-refractivity contribution in [3.63, 3.8) is 0 Å². The van der Waals surface area contributed by atoms with Crippen LogP contribution in [0.1, 0.15) is 22.6 Å². The number of hydrogen-bond acceptors (Lipinski definition) is 5. The van der Waals surface area contributed by atoms with E-state index >= 15 is 0 Å². The maximum absolute atomic E-state index is 13.1. The van der Waals surface area contributed by atoms with Gasteiger partial charge in [0.1, 0.15) is 18.2 Å². The fourth-order valence-electron chi connectivity index (χ4n) is 3.91. The van der Waals surface area contributed by atoms with E-state index in [1.54, 1.807) is 21.3 Å². The molecule has 1 aliphatic rings. The van der Waals surface area contributed by atoms with Gasteiger partial charge in [-0.15, -0.1) is 5.10 Å². The highest BCUT2D eigenvalue weighted by Crippen LogP contribution is 2.26. The lowest BCUT2D eigenvalue weighted by molar-refractivity contribution is -0.120. The largest absolute Gasteiger partial charge is 0.337 e. The molecule has 33 heavy (non-hydrogen) atoms. The zero-order valence-electron chi connectivity index (χ0n) is 18.1. The maximum Gasteiger partial charge on any atom is 0.291 e.